The summed E-state index contributed by atoms with van der Waals surface area (Å²) in [6.07, 6.45) is 1.72. The number of nitrogen functional groups attached to an aromatic ring is 1. The van der Waals surface area contributed by atoms with Crippen molar-refractivity contribution in [2.45, 2.75) is 17.7 Å². The second-order valence-electron chi connectivity index (χ2n) is 4.67. The Bertz CT molecular complexity index is 555. The lowest BCUT2D eigenvalue weighted by Crippen LogP contribution is -2.31. The van der Waals surface area contributed by atoms with Crippen LogP contribution in [0.25, 0.3) is 0 Å². The molecule has 1 aliphatic carbocycles. The first-order valence-electron chi connectivity index (χ1n) is 5.54. The van der Waals surface area contributed by atoms with Crippen LogP contribution in [0.15, 0.2) is 27.6 Å². The first-order chi connectivity index (χ1) is 8.38. The van der Waals surface area contributed by atoms with Crippen molar-refractivity contribution in [2.75, 3.05) is 18.9 Å². The zero-order valence-electron chi connectivity index (χ0n) is 9.69. The molecule has 2 rings (SSSR count). The number of nitrogens with one attached hydrogen (secondary N) is 1. The van der Waals surface area contributed by atoms with Crippen molar-refractivity contribution in [3.8, 4) is 0 Å². The van der Waals surface area contributed by atoms with E-state index in [2.05, 4.69) is 20.7 Å². The highest BCUT2D eigenvalue weighted by Crippen LogP contribution is 2.44. The summed E-state index contributed by atoms with van der Waals surface area (Å²) in [5.41, 5.74) is 5.85. The number of hydrogen-bond donors (Lipinski definition) is 3. The van der Waals surface area contributed by atoms with Gasteiger partial charge in [0.25, 0.3) is 0 Å². The van der Waals surface area contributed by atoms with Gasteiger partial charge in [-0.05, 0) is 47.0 Å². The van der Waals surface area contributed by atoms with Gasteiger partial charge in [0.05, 0.1) is 4.90 Å². The molecule has 1 aromatic rings. The van der Waals surface area contributed by atoms with Gasteiger partial charge in [0.15, 0.2) is 0 Å². The number of nitrogens with two attached hydrogens (primary N) is 1. The van der Waals surface area contributed by atoms with Crippen LogP contribution < -0.4 is 10.5 Å². The van der Waals surface area contributed by atoms with Crippen LogP contribution in [0.3, 0.4) is 0 Å². The molecule has 1 aliphatic rings. The second kappa shape index (κ2) is 4.80. The molecular formula is C11H15BrN2O3S. The van der Waals surface area contributed by atoms with E-state index in [1.807, 2.05) is 0 Å². The molecule has 0 heterocycles. The zero-order chi connectivity index (χ0) is 13.4. The SMILES string of the molecule is Nc1ccc(S(=O)(=O)NCC2(CO)CC2)cc1Br. The van der Waals surface area contributed by atoms with Crippen LogP contribution in [-0.2, 0) is 10.0 Å². The fraction of sp³-hybridized carbons (Fsp3) is 0.455. The predicted octanol–water partition coefficient (Wildman–Crippen LogP) is 1.08. The summed E-state index contributed by atoms with van der Waals surface area (Å²) in [5.74, 6) is 0. The Labute approximate surface area is 115 Å². The first-order valence-corrected chi connectivity index (χ1v) is 7.82. The molecule has 1 saturated carbocycles. The van der Waals surface area contributed by atoms with Crippen molar-refractivity contribution in [1.82, 2.24) is 4.72 Å². The molecule has 0 radical (unpaired) electrons. The highest BCUT2D eigenvalue weighted by Gasteiger charge is 2.42. The van der Waals surface area contributed by atoms with Crippen molar-refractivity contribution < 1.29 is 13.5 Å². The number of sulfonamides is 1. The Kier molecular flexibility index (Phi) is 3.68. The van der Waals surface area contributed by atoms with Gasteiger partial charge >= 0.3 is 0 Å². The quantitative estimate of drug-likeness (QED) is 0.702. The van der Waals surface area contributed by atoms with E-state index in [4.69, 9.17) is 10.8 Å². The van der Waals surface area contributed by atoms with Crippen LogP contribution in [-0.4, -0.2) is 26.7 Å². The monoisotopic (exact) mass is 334 g/mol. The summed E-state index contributed by atoms with van der Waals surface area (Å²) in [7, 11) is -3.55. The Morgan fingerprint density at radius 2 is 2.11 bits per heavy atom. The molecule has 100 valence electrons. The molecule has 7 heteroatoms. The Hall–Kier alpha value is -0.630. The van der Waals surface area contributed by atoms with Gasteiger partial charge in [-0.2, -0.15) is 0 Å². The molecule has 0 spiro atoms. The van der Waals surface area contributed by atoms with Crippen molar-refractivity contribution >= 4 is 31.6 Å². The van der Waals surface area contributed by atoms with Crippen LogP contribution in [0.2, 0.25) is 0 Å². The van der Waals surface area contributed by atoms with Gasteiger partial charge < -0.3 is 10.8 Å². The third kappa shape index (κ3) is 2.85. The van der Waals surface area contributed by atoms with Crippen molar-refractivity contribution in [3.05, 3.63) is 22.7 Å². The fourth-order valence-electron chi connectivity index (χ4n) is 1.57. The van der Waals surface area contributed by atoms with E-state index in [1.165, 1.54) is 18.2 Å². The van der Waals surface area contributed by atoms with Gasteiger partial charge in [-0.3, -0.25) is 0 Å². The number of hydrogen-bond acceptors (Lipinski definition) is 4. The lowest BCUT2D eigenvalue weighted by molar-refractivity contribution is 0.213. The molecule has 0 saturated heterocycles. The molecule has 0 aromatic heterocycles. The van der Waals surface area contributed by atoms with E-state index in [0.29, 0.717) is 10.2 Å². The van der Waals surface area contributed by atoms with Crippen molar-refractivity contribution in [3.63, 3.8) is 0 Å². The van der Waals surface area contributed by atoms with Crippen molar-refractivity contribution in [1.29, 1.82) is 0 Å². The molecule has 1 aromatic carbocycles. The maximum absolute atomic E-state index is 12.0. The van der Waals surface area contributed by atoms with Crippen LogP contribution in [0.1, 0.15) is 12.8 Å². The molecule has 0 bridgehead atoms. The largest absolute Gasteiger partial charge is 0.398 e. The molecule has 5 nitrogen and oxygen atoms in total. The lowest BCUT2D eigenvalue weighted by Gasteiger charge is -2.13. The third-order valence-corrected chi connectivity index (χ3v) is 5.30. The summed E-state index contributed by atoms with van der Waals surface area (Å²) in [6, 6.07) is 4.47. The second-order valence-corrected chi connectivity index (χ2v) is 7.29. The van der Waals surface area contributed by atoms with E-state index in [0.717, 1.165) is 12.8 Å². The minimum absolute atomic E-state index is 0.0148. The number of anilines is 1. The van der Waals surface area contributed by atoms with Crippen LogP contribution in [0, 0.1) is 5.41 Å². The molecule has 1 fully saturated rings. The van der Waals surface area contributed by atoms with Gasteiger partial charge in [0.2, 0.25) is 10.0 Å². The third-order valence-electron chi connectivity index (χ3n) is 3.21. The highest BCUT2D eigenvalue weighted by atomic mass is 79.9. The minimum atomic E-state index is -3.55. The maximum atomic E-state index is 12.0. The van der Waals surface area contributed by atoms with E-state index in [1.54, 1.807) is 0 Å². The minimum Gasteiger partial charge on any atom is -0.398 e. The average Bonchev–Trinajstić information content (AvgIpc) is 3.11. The Morgan fingerprint density at radius 1 is 1.44 bits per heavy atom. The van der Waals surface area contributed by atoms with Crippen LogP contribution in [0.4, 0.5) is 5.69 Å². The topological polar surface area (TPSA) is 92.4 Å². The number of aliphatic hydroxyl groups excluding tert-OH is 1. The smallest absolute Gasteiger partial charge is 0.240 e. The van der Waals surface area contributed by atoms with E-state index in [9.17, 15) is 8.42 Å². The van der Waals surface area contributed by atoms with Gasteiger partial charge in [-0.25, -0.2) is 13.1 Å². The standard InChI is InChI=1S/C11H15BrN2O3S/c12-9-5-8(1-2-10(9)13)18(16,17)14-6-11(7-15)3-4-11/h1-2,5,14-15H,3-4,6-7,13H2. The number of benzene rings is 1. The van der Waals surface area contributed by atoms with Gasteiger partial charge in [-0.15, -0.1) is 0 Å². The molecule has 0 atom stereocenters. The lowest BCUT2D eigenvalue weighted by atomic mass is 10.1. The summed E-state index contributed by atoms with van der Waals surface area (Å²) >= 11 is 3.20. The summed E-state index contributed by atoms with van der Waals surface area (Å²) < 4.78 is 27.1. The highest BCUT2D eigenvalue weighted by molar-refractivity contribution is 9.10. The maximum Gasteiger partial charge on any atom is 0.240 e. The molecular weight excluding hydrogens is 320 g/mol. The fourth-order valence-corrected chi connectivity index (χ4v) is 3.29. The normalized spacial score (nSPS) is 17.7. The number of aliphatic hydroxyl groups is 1. The van der Waals surface area contributed by atoms with Crippen LogP contribution in [0.5, 0.6) is 0 Å². The van der Waals surface area contributed by atoms with E-state index in [-0.39, 0.29) is 23.5 Å². The van der Waals surface area contributed by atoms with Crippen molar-refractivity contribution in [2.24, 2.45) is 5.41 Å². The molecule has 0 amide bonds. The number of rotatable bonds is 5. The Morgan fingerprint density at radius 3 is 2.61 bits per heavy atom. The molecule has 0 unspecified atom stereocenters. The molecule has 18 heavy (non-hydrogen) atoms. The summed E-state index contributed by atoms with van der Waals surface area (Å²) in [4.78, 5) is 0.164. The van der Waals surface area contributed by atoms with Crippen LogP contribution >= 0.6 is 15.9 Å². The summed E-state index contributed by atoms with van der Waals surface area (Å²) in [5, 5.41) is 9.15. The zero-order valence-corrected chi connectivity index (χ0v) is 12.1. The first kappa shape index (κ1) is 13.8. The molecule has 0 aliphatic heterocycles. The average molecular weight is 335 g/mol. The van der Waals surface area contributed by atoms with Gasteiger partial charge in [-0.1, -0.05) is 0 Å². The predicted molar refractivity (Wildman–Crippen MR) is 72.5 cm³/mol. The van der Waals surface area contributed by atoms with E-state index < -0.39 is 10.0 Å². The Balaban J connectivity index is 2.13. The van der Waals surface area contributed by atoms with Gasteiger partial charge in [0, 0.05) is 28.7 Å². The van der Waals surface area contributed by atoms with Gasteiger partial charge in [0.1, 0.15) is 0 Å². The molecule has 4 N–H and O–H groups in total. The number of halogens is 1. The van der Waals surface area contributed by atoms with E-state index >= 15 is 0 Å². The summed E-state index contributed by atoms with van der Waals surface area (Å²) in [6.45, 7) is 0.286.